The zero-order valence-corrected chi connectivity index (χ0v) is 12.9. The summed E-state index contributed by atoms with van der Waals surface area (Å²) in [5, 5.41) is 9.11. The van der Waals surface area contributed by atoms with Gasteiger partial charge in [-0.1, -0.05) is 19.8 Å². The summed E-state index contributed by atoms with van der Waals surface area (Å²) in [4.78, 5) is 16.0. The van der Waals surface area contributed by atoms with Gasteiger partial charge in [0.25, 0.3) is 0 Å². The molecule has 0 aliphatic heterocycles. The third-order valence-corrected chi connectivity index (χ3v) is 2.84. The quantitative estimate of drug-likeness (QED) is 0.367. The largest absolute Gasteiger partial charge is 0.467 e. The molecular weight excluding hydrogens is 268 g/mol. The maximum atomic E-state index is 11.7. The number of rotatable bonds is 9. The Morgan fingerprint density at radius 3 is 2.76 bits per heavy atom. The molecule has 3 N–H and O–H groups in total. The van der Waals surface area contributed by atoms with E-state index in [0.29, 0.717) is 12.5 Å². The zero-order valence-electron chi connectivity index (χ0n) is 12.9. The molecule has 1 rings (SSSR count). The van der Waals surface area contributed by atoms with E-state index in [4.69, 9.17) is 4.42 Å². The van der Waals surface area contributed by atoms with Gasteiger partial charge in [0.15, 0.2) is 5.96 Å². The lowest BCUT2D eigenvalue weighted by Crippen LogP contribution is -2.38. The van der Waals surface area contributed by atoms with Crippen LogP contribution in [0.2, 0.25) is 0 Å². The van der Waals surface area contributed by atoms with E-state index in [1.807, 2.05) is 13.0 Å². The molecule has 0 atom stereocenters. The van der Waals surface area contributed by atoms with Crippen molar-refractivity contribution in [3.8, 4) is 0 Å². The molecule has 0 spiro atoms. The molecule has 6 nitrogen and oxygen atoms in total. The van der Waals surface area contributed by atoms with Crippen LogP contribution in [0.4, 0.5) is 0 Å². The van der Waals surface area contributed by atoms with Crippen LogP contribution >= 0.6 is 0 Å². The van der Waals surface area contributed by atoms with Crippen LogP contribution in [0.25, 0.3) is 0 Å². The van der Waals surface area contributed by atoms with Crippen molar-refractivity contribution in [1.29, 1.82) is 0 Å². The van der Waals surface area contributed by atoms with Gasteiger partial charge in [0, 0.05) is 13.1 Å². The Morgan fingerprint density at radius 1 is 1.24 bits per heavy atom. The highest BCUT2D eigenvalue weighted by Crippen LogP contribution is 1.98. The Bertz CT molecular complexity index is 415. The Morgan fingerprint density at radius 2 is 2.10 bits per heavy atom. The third-order valence-electron chi connectivity index (χ3n) is 2.84. The standard InChI is InChI=1S/C15H26N4O2/c1-3-5-6-9-17-15(16-4-2)19-12-14(20)18-11-13-8-7-10-21-13/h7-8,10H,3-6,9,11-12H2,1-2H3,(H,18,20)(H2,16,17,19). The smallest absolute Gasteiger partial charge is 0.242 e. The summed E-state index contributed by atoms with van der Waals surface area (Å²) in [6, 6.07) is 3.62. The highest BCUT2D eigenvalue weighted by Gasteiger charge is 2.03. The Kier molecular flexibility index (Phi) is 8.75. The Balaban J connectivity index is 2.28. The monoisotopic (exact) mass is 294 g/mol. The predicted molar refractivity (Wildman–Crippen MR) is 84.1 cm³/mol. The molecule has 0 aromatic carbocycles. The minimum absolute atomic E-state index is 0.101. The number of carbonyl (C=O) groups excluding carboxylic acids is 1. The van der Waals surface area contributed by atoms with E-state index >= 15 is 0 Å². The lowest BCUT2D eigenvalue weighted by Gasteiger charge is -2.10. The van der Waals surface area contributed by atoms with Crippen LogP contribution in [-0.4, -0.2) is 31.5 Å². The average Bonchev–Trinajstić information content (AvgIpc) is 3.00. The van der Waals surface area contributed by atoms with Crippen molar-refractivity contribution >= 4 is 11.9 Å². The normalized spacial score (nSPS) is 11.2. The van der Waals surface area contributed by atoms with Crippen molar-refractivity contribution in [3.63, 3.8) is 0 Å². The highest BCUT2D eigenvalue weighted by molar-refractivity contribution is 5.84. The first-order chi connectivity index (χ1) is 10.3. The fourth-order valence-electron chi connectivity index (χ4n) is 1.73. The zero-order chi connectivity index (χ0) is 15.3. The van der Waals surface area contributed by atoms with Gasteiger partial charge < -0.3 is 20.4 Å². The van der Waals surface area contributed by atoms with Crippen LogP contribution in [0.5, 0.6) is 0 Å². The van der Waals surface area contributed by atoms with Crippen molar-refractivity contribution < 1.29 is 9.21 Å². The minimum atomic E-state index is -0.128. The molecule has 21 heavy (non-hydrogen) atoms. The van der Waals surface area contributed by atoms with Gasteiger partial charge >= 0.3 is 0 Å². The molecule has 118 valence electrons. The molecule has 0 aliphatic rings. The van der Waals surface area contributed by atoms with Crippen LogP contribution in [-0.2, 0) is 11.3 Å². The van der Waals surface area contributed by atoms with E-state index in [9.17, 15) is 4.79 Å². The van der Waals surface area contributed by atoms with E-state index in [1.165, 1.54) is 12.8 Å². The Hall–Kier alpha value is -1.98. The molecule has 0 bridgehead atoms. The first kappa shape index (κ1) is 17.1. The number of nitrogens with zero attached hydrogens (tertiary/aromatic N) is 1. The van der Waals surface area contributed by atoms with E-state index in [1.54, 1.807) is 12.3 Å². The molecule has 1 aromatic heterocycles. The highest BCUT2D eigenvalue weighted by atomic mass is 16.3. The molecule has 0 radical (unpaired) electrons. The van der Waals surface area contributed by atoms with Crippen LogP contribution < -0.4 is 16.0 Å². The first-order valence-electron chi connectivity index (χ1n) is 7.57. The fraction of sp³-hybridized carbons (Fsp3) is 0.600. The summed E-state index contributed by atoms with van der Waals surface area (Å²) in [7, 11) is 0. The number of guanidine groups is 1. The van der Waals surface area contributed by atoms with E-state index in [2.05, 4.69) is 27.9 Å². The summed E-state index contributed by atoms with van der Waals surface area (Å²) in [5.74, 6) is 1.29. The number of nitrogens with one attached hydrogen (secondary N) is 3. The molecule has 0 saturated carbocycles. The molecule has 0 unspecified atom stereocenters. The molecule has 6 heteroatoms. The van der Waals surface area contributed by atoms with Gasteiger partial charge in [-0.3, -0.25) is 4.79 Å². The second kappa shape index (κ2) is 10.8. The summed E-state index contributed by atoms with van der Waals surface area (Å²) in [6.07, 6.45) is 5.06. The predicted octanol–water partition coefficient (Wildman–Crippen LogP) is 1.64. The van der Waals surface area contributed by atoms with Gasteiger partial charge in [-0.2, -0.15) is 0 Å². The summed E-state index contributed by atoms with van der Waals surface area (Å²) >= 11 is 0. The van der Waals surface area contributed by atoms with E-state index in [-0.39, 0.29) is 12.5 Å². The summed E-state index contributed by atoms with van der Waals surface area (Å²) < 4.78 is 5.15. The Labute approximate surface area is 126 Å². The SMILES string of the molecule is CCCCCNC(=NCC(=O)NCc1ccco1)NCC. The summed E-state index contributed by atoms with van der Waals surface area (Å²) in [6.45, 7) is 6.30. The third kappa shape index (κ3) is 8.02. The van der Waals surface area contributed by atoms with E-state index < -0.39 is 0 Å². The number of hydrogen-bond acceptors (Lipinski definition) is 3. The maximum Gasteiger partial charge on any atom is 0.242 e. The number of aliphatic imine (C=N–C) groups is 1. The molecule has 0 fully saturated rings. The number of unbranched alkanes of at least 4 members (excludes halogenated alkanes) is 2. The number of hydrogen-bond donors (Lipinski definition) is 3. The lowest BCUT2D eigenvalue weighted by molar-refractivity contribution is -0.119. The number of carbonyl (C=O) groups is 1. The molecule has 1 aromatic rings. The minimum Gasteiger partial charge on any atom is -0.467 e. The lowest BCUT2D eigenvalue weighted by atomic mass is 10.2. The van der Waals surface area contributed by atoms with Crippen molar-refractivity contribution in [1.82, 2.24) is 16.0 Å². The van der Waals surface area contributed by atoms with Gasteiger partial charge in [0.2, 0.25) is 5.91 Å². The average molecular weight is 294 g/mol. The van der Waals surface area contributed by atoms with E-state index in [0.717, 1.165) is 25.3 Å². The summed E-state index contributed by atoms with van der Waals surface area (Å²) in [5.41, 5.74) is 0. The van der Waals surface area contributed by atoms with Gasteiger partial charge in [0.05, 0.1) is 12.8 Å². The van der Waals surface area contributed by atoms with Crippen molar-refractivity contribution in [2.45, 2.75) is 39.7 Å². The maximum absolute atomic E-state index is 11.7. The van der Waals surface area contributed by atoms with Gasteiger partial charge in [-0.25, -0.2) is 4.99 Å². The van der Waals surface area contributed by atoms with Crippen molar-refractivity contribution in [2.75, 3.05) is 19.6 Å². The van der Waals surface area contributed by atoms with Gasteiger partial charge in [-0.15, -0.1) is 0 Å². The van der Waals surface area contributed by atoms with Crippen LogP contribution in [0.1, 0.15) is 38.9 Å². The molecule has 0 saturated heterocycles. The molecule has 1 heterocycles. The second-order valence-electron chi connectivity index (χ2n) is 4.69. The molecule has 0 aliphatic carbocycles. The van der Waals surface area contributed by atoms with Crippen LogP contribution in [0.3, 0.4) is 0 Å². The molecular formula is C15H26N4O2. The molecule has 1 amide bonds. The van der Waals surface area contributed by atoms with Crippen molar-refractivity contribution in [2.24, 2.45) is 4.99 Å². The topological polar surface area (TPSA) is 78.7 Å². The van der Waals surface area contributed by atoms with Gasteiger partial charge in [-0.05, 0) is 25.5 Å². The number of furan rings is 1. The fourth-order valence-corrected chi connectivity index (χ4v) is 1.73. The first-order valence-corrected chi connectivity index (χ1v) is 7.57. The van der Waals surface area contributed by atoms with Crippen LogP contribution in [0.15, 0.2) is 27.8 Å². The van der Waals surface area contributed by atoms with Crippen molar-refractivity contribution in [3.05, 3.63) is 24.2 Å². The van der Waals surface area contributed by atoms with Crippen LogP contribution in [0, 0.1) is 0 Å². The number of amides is 1. The van der Waals surface area contributed by atoms with Gasteiger partial charge in [0.1, 0.15) is 12.3 Å². The second-order valence-corrected chi connectivity index (χ2v) is 4.69.